The van der Waals surface area contributed by atoms with Crippen LogP contribution >= 0.6 is 24.0 Å². The molecule has 5 nitrogen and oxygen atoms in total. The molecule has 2 heterocycles. The predicted octanol–water partition coefficient (Wildman–Crippen LogP) is 3.55. The van der Waals surface area contributed by atoms with Gasteiger partial charge in [0.1, 0.15) is 5.82 Å². The molecule has 1 aromatic heterocycles. The number of hydrogen-bond acceptors (Lipinski definition) is 3. The highest BCUT2D eigenvalue weighted by Gasteiger charge is 2.13. The van der Waals surface area contributed by atoms with Crippen LogP contribution in [0.4, 0.5) is 5.82 Å². The first kappa shape index (κ1) is 21.0. The standard InChI is InChI=1S/C18H31N5.HI/c1-3-4-5-6-10-21-18(19-2)22-15-16-9-11-20-17(14-16)23-12-7-8-13-23;/h9,11,14H,3-8,10,12-13,15H2,1-2H3,(H2,19,21,22);1H. The van der Waals surface area contributed by atoms with Crippen molar-refractivity contribution in [3.05, 3.63) is 23.9 Å². The van der Waals surface area contributed by atoms with Crippen LogP contribution in [0.25, 0.3) is 0 Å². The fraction of sp³-hybridized carbons (Fsp3) is 0.667. The SMILES string of the molecule is CCCCCCNC(=NC)NCc1ccnc(N2CCCC2)c1.I. The molecule has 0 aliphatic carbocycles. The number of rotatable bonds is 8. The molecule has 0 unspecified atom stereocenters. The number of halogens is 1. The third-order valence-electron chi connectivity index (χ3n) is 4.25. The Labute approximate surface area is 163 Å². The summed E-state index contributed by atoms with van der Waals surface area (Å²) in [5.74, 6) is 1.98. The monoisotopic (exact) mass is 445 g/mol. The number of aromatic nitrogens is 1. The molecule has 1 aromatic rings. The van der Waals surface area contributed by atoms with Gasteiger partial charge in [0.2, 0.25) is 0 Å². The maximum atomic E-state index is 4.50. The molecule has 2 N–H and O–H groups in total. The normalized spacial score (nSPS) is 14.4. The molecular formula is C18H32IN5. The van der Waals surface area contributed by atoms with E-state index < -0.39 is 0 Å². The Morgan fingerprint density at radius 2 is 2.00 bits per heavy atom. The average Bonchev–Trinajstić information content (AvgIpc) is 3.12. The van der Waals surface area contributed by atoms with Crippen molar-refractivity contribution in [2.75, 3.05) is 31.6 Å². The smallest absolute Gasteiger partial charge is 0.191 e. The Hall–Kier alpha value is -1.05. The number of hydrogen-bond donors (Lipinski definition) is 2. The van der Waals surface area contributed by atoms with Crippen molar-refractivity contribution in [1.82, 2.24) is 15.6 Å². The van der Waals surface area contributed by atoms with Gasteiger partial charge in [-0.25, -0.2) is 4.98 Å². The van der Waals surface area contributed by atoms with Gasteiger partial charge < -0.3 is 15.5 Å². The van der Waals surface area contributed by atoms with Gasteiger partial charge in [0.05, 0.1) is 0 Å². The van der Waals surface area contributed by atoms with Crippen molar-refractivity contribution in [3.63, 3.8) is 0 Å². The Morgan fingerprint density at radius 3 is 2.71 bits per heavy atom. The lowest BCUT2D eigenvalue weighted by molar-refractivity contribution is 0.647. The van der Waals surface area contributed by atoms with Crippen LogP contribution in [0.15, 0.2) is 23.3 Å². The number of guanidine groups is 1. The minimum Gasteiger partial charge on any atom is -0.357 e. The molecule has 0 amide bonds. The second-order valence-electron chi connectivity index (χ2n) is 6.13. The molecule has 136 valence electrons. The molecule has 0 saturated carbocycles. The Bertz CT molecular complexity index is 486. The molecule has 1 saturated heterocycles. The molecule has 0 atom stereocenters. The first-order chi connectivity index (χ1) is 11.3. The van der Waals surface area contributed by atoms with E-state index in [2.05, 4.69) is 44.6 Å². The molecule has 0 spiro atoms. The highest BCUT2D eigenvalue weighted by Crippen LogP contribution is 2.18. The number of unbranched alkanes of at least 4 members (excludes halogenated alkanes) is 3. The first-order valence-electron chi connectivity index (χ1n) is 8.98. The Balaban J connectivity index is 0.00000288. The van der Waals surface area contributed by atoms with Crippen LogP contribution in [0.1, 0.15) is 51.0 Å². The lowest BCUT2D eigenvalue weighted by atomic mass is 10.2. The van der Waals surface area contributed by atoms with E-state index in [0.29, 0.717) is 0 Å². The minimum absolute atomic E-state index is 0. The zero-order valence-electron chi connectivity index (χ0n) is 15.1. The number of pyridine rings is 1. The minimum atomic E-state index is 0. The number of nitrogens with zero attached hydrogens (tertiary/aromatic N) is 3. The van der Waals surface area contributed by atoms with Gasteiger partial charge in [-0.15, -0.1) is 24.0 Å². The molecule has 1 aliphatic heterocycles. The van der Waals surface area contributed by atoms with Crippen molar-refractivity contribution in [3.8, 4) is 0 Å². The van der Waals surface area contributed by atoms with E-state index in [9.17, 15) is 0 Å². The third kappa shape index (κ3) is 7.23. The van der Waals surface area contributed by atoms with Crippen molar-refractivity contribution in [1.29, 1.82) is 0 Å². The van der Waals surface area contributed by atoms with E-state index in [1.165, 1.54) is 44.1 Å². The largest absolute Gasteiger partial charge is 0.357 e. The highest BCUT2D eigenvalue weighted by molar-refractivity contribution is 14.0. The van der Waals surface area contributed by atoms with Gasteiger partial charge in [0, 0.05) is 39.4 Å². The van der Waals surface area contributed by atoms with Gasteiger partial charge in [-0.05, 0) is 37.0 Å². The van der Waals surface area contributed by atoms with Crippen LogP contribution < -0.4 is 15.5 Å². The zero-order chi connectivity index (χ0) is 16.3. The molecule has 0 radical (unpaired) electrons. The summed E-state index contributed by atoms with van der Waals surface area (Å²) < 4.78 is 0. The molecule has 0 bridgehead atoms. The summed E-state index contributed by atoms with van der Waals surface area (Å²) >= 11 is 0. The van der Waals surface area contributed by atoms with Crippen LogP contribution in [0.2, 0.25) is 0 Å². The van der Waals surface area contributed by atoms with E-state index in [1.807, 2.05) is 13.2 Å². The second-order valence-corrected chi connectivity index (χ2v) is 6.13. The van der Waals surface area contributed by atoms with Crippen LogP contribution in [-0.4, -0.2) is 37.6 Å². The van der Waals surface area contributed by atoms with Crippen molar-refractivity contribution in [2.24, 2.45) is 4.99 Å². The summed E-state index contributed by atoms with van der Waals surface area (Å²) in [5, 5.41) is 6.77. The first-order valence-corrected chi connectivity index (χ1v) is 8.98. The Kier molecular flexibility index (Phi) is 10.8. The molecule has 6 heteroatoms. The molecule has 1 aliphatic rings. The second kappa shape index (κ2) is 12.3. The number of anilines is 1. The van der Waals surface area contributed by atoms with E-state index in [0.717, 1.165) is 38.0 Å². The summed E-state index contributed by atoms with van der Waals surface area (Å²) in [6.45, 7) is 6.25. The third-order valence-corrected chi connectivity index (χ3v) is 4.25. The van der Waals surface area contributed by atoms with Gasteiger partial charge in [-0.3, -0.25) is 4.99 Å². The number of aliphatic imine (C=N–C) groups is 1. The molecular weight excluding hydrogens is 413 g/mol. The van der Waals surface area contributed by atoms with E-state index in [4.69, 9.17) is 0 Å². The predicted molar refractivity (Wildman–Crippen MR) is 113 cm³/mol. The van der Waals surface area contributed by atoms with Gasteiger partial charge >= 0.3 is 0 Å². The molecule has 2 rings (SSSR count). The van der Waals surface area contributed by atoms with E-state index in [-0.39, 0.29) is 24.0 Å². The summed E-state index contributed by atoms with van der Waals surface area (Å²) in [5.41, 5.74) is 1.25. The van der Waals surface area contributed by atoms with Crippen LogP contribution in [0.5, 0.6) is 0 Å². The molecule has 24 heavy (non-hydrogen) atoms. The summed E-state index contributed by atoms with van der Waals surface area (Å²) in [4.78, 5) is 11.2. The van der Waals surface area contributed by atoms with Crippen molar-refractivity contribution >= 4 is 35.8 Å². The maximum Gasteiger partial charge on any atom is 0.191 e. The lowest BCUT2D eigenvalue weighted by Gasteiger charge is -2.17. The van der Waals surface area contributed by atoms with Crippen LogP contribution in [0, 0.1) is 0 Å². The van der Waals surface area contributed by atoms with Crippen LogP contribution in [0.3, 0.4) is 0 Å². The van der Waals surface area contributed by atoms with Gasteiger partial charge in [-0.1, -0.05) is 26.2 Å². The fourth-order valence-corrected chi connectivity index (χ4v) is 2.85. The molecule has 1 fully saturated rings. The van der Waals surface area contributed by atoms with E-state index in [1.54, 1.807) is 0 Å². The topological polar surface area (TPSA) is 52.6 Å². The van der Waals surface area contributed by atoms with Crippen molar-refractivity contribution in [2.45, 2.75) is 52.0 Å². The summed E-state index contributed by atoms with van der Waals surface area (Å²) in [6.07, 6.45) is 9.52. The fourth-order valence-electron chi connectivity index (χ4n) is 2.85. The van der Waals surface area contributed by atoms with Crippen LogP contribution in [-0.2, 0) is 6.54 Å². The lowest BCUT2D eigenvalue weighted by Crippen LogP contribution is -2.37. The molecule has 0 aromatic carbocycles. The quantitative estimate of drug-likeness (QED) is 0.278. The van der Waals surface area contributed by atoms with E-state index >= 15 is 0 Å². The summed E-state index contributed by atoms with van der Waals surface area (Å²) in [6, 6.07) is 4.26. The highest BCUT2D eigenvalue weighted by atomic mass is 127. The van der Waals surface area contributed by atoms with Crippen molar-refractivity contribution < 1.29 is 0 Å². The Morgan fingerprint density at radius 1 is 1.21 bits per heavy atom. The van der Waals surface area contributed by atoms with Gasteiger partial charge in [0.25, 0.3) is 0 Å². The van der Waals surface area contributed by atoms with Gasteiger partial charge in [-0.2, -0.15) is 0 Å². The van der Waals surface area contributed by atoms with Gasteiger partial charge in [0.15, 0.2) is 5.96 Å². The average molecular weight is 445 g/mol. The number of nitrogens with one attached hydrogen (secondary N) is 2. The summed E-state index contributed by atoms with van der Waals surface area (Å²) in [7, 11) is 1.82. The zero-order valence-corrected chi connectivity index (χ0v) is 17.4. The maximum absolute atomic E-state index is 4.50.